The number of hydrogen-bond acceptors (Lipinski definition) is 3. The van der Waals surface area contributed by atoms with Crippen LogP contribution in [0.25, 0.3) is 0 Å². The van der Waals surface area contributed by atoms with Gasteiger partial charge in [-0.15, -0.1) is 0 Å². The summed E-state index contributed by atoms with van der Waals surface area (Å²) >= 11 is 0. The number of carbonyl (C=O) groups excluding carboxylic acids is 2. The fourth-order valence-electron chi connectivity index (χ4n) is 1.54. The topological polar surface area (TPSA) is 84.2 Å². The molecule has 0 aromatic heterocycles. The molecule has 1 fully saturated rings. The van der Waals surface area contributed by atoms with Gasteiger partial charge in [-0.25, -0.2) is 0 Å². The Kier molecular flexibility index (Phi) is 4.55. The molecule has 15 heavy (non-hydrogen) atoms. The van der Waals surface area contributed by atoms with Gasteiger partial charge >= 0.3 is 0 Å². The minimum absolute atomic E-state index is 0.0934. The standard InChI is InChI=1S/C10H19N3O2/c1-2-7(11)9(14)13-8-5-3-4-6-12-10(8)15/h7-8H,2-6,11H2,1H3,(H,12,15)(H,13,14). The van der Waals surface area contributed by atoms with Gasteiger partial charge in [-0.1, -0.05) is 6.92 Å². The van der Waals surface area contributed by atoms with Gasteiger partial charge in [0.1, 0.15) is 6.04 Å². The third kappa shape index (κ3) is 3.51. The van der Waals surface area contributed by atoms with Crippen molar-refractivity contribution in [2.45, 2.75) is 44.7 Å². The van der Waals surface area contributed by atoms with Gasteiger partial charge in [-0.3, -0.25) is 9.59 Å². The number of nitrogens with two attached hydrogens (primary N) is 1. The molecule has 5 nitrogen and oxygen atoms in total. The van der Waals surface area contributed by atoms with Gasteiger partial charge in [0, 0.05) is 6.54 Å². The molecule has 0 bridgehead atoms. The van der Waals surface area contributed by atoms with Crippen LogP contribution in [0.1, 0.15) is 32.6 Å². The highest BCUT2D eigenvalue weighted by molar-refractivity contribution is 5.89. The number of rotatable bonds is 3. The molecule has 2 unspecified atom stereocenters. The van der Waals surface area contributed by atoms with Crippen molar-refractivity contribution in [3.63, 3.8) is 0 Å². The molecule has 0 aromatic carbocycles. The van der Waals surface area contributed by atoms with E-state index in [1.165, 1.54) is 0 Å². The molecule has 1 saturated heterocycles. The van der Waals surface area contributed by atoms with Gasteiger partial charge in [0.25, 0.3) is 0 Å². The molecule has 1 heterocycles. The zero-order valence-electron chi connectivity index (χ0n) is 9.08. The predicted molar refractivity (Wildman–Crippen MR) is 57.1 cm³/mol. The third-order valence-electron chi connectivity index (χ3n) is 2.63. The average Bonchev–Trinajstić information content (AvgIpc) is 2.43. The molecular formula is C10H19N3O2. The summed E-state index contributed by atoms with van der Waals surface area (Å²) in [5.41, 5.74) is 5.57. The SMILES string of the molecule is CCC(N)C(=O)NC1CCCCNC1=O. The van der Waals surface area contributed by atoms with Gasteiger partial charge in [-0.05, 0) is 25.7 Å². The Morgan fingerprint density at radius 2 is 2.40 bits per heavy atom. The Balaban J connectivity index is 2.47. The van der Waals surface area contributed by atoms with E-state index < -0.39 is 12.1 Å². The maximum atomic E-state index is 11.5. The lowest BCUT2D eigenvalue weighted by Gasteiger charge is -2.17. The summed E-state index contributed by atoms with van der Waals surface area (Å²) in [5, 5.41) is 5.45. The van der Waals surface area contributed by atoms with Gasteiger partial charge in [-0.2, -0.15) is 0 Å². The van der Waals surface area contributed by atoms with Crippen LogP contribution in [-0.2, 0) is 9.59 Å². The molecule has 4 N–H and O–H groups in total. The molecule has 1 rings (SSSR count). The number of amides is 2. The van der Waals surface area contributed by atoms with Gasteiger partial charge in [0.05, 0.1) is 6.04 Å². The van der Waals surface area contributed by atoms with Crippen molar-refractivity contribution in [1.29, 1.82) is 0 Å². The highest BCUT2D eigenvalue weighted by Gasteiger charge is 2.23. The minimum Gasteiger partial charge on any atom is -0.354 e. The second-order valence-electron chi connectivity index (χ2n) is 3.86. The summed E-state index contributed by atoms with van der Waals surface area (Å²) in [7, 11) is 0. The van der Waals surface area contributed by atoms with Crippen LogP contribution in [0, 0.1) is 0 Å². The summed E-state index contributed by atoms with van der Waals surface area (Å²) in [6.45, 7) is 2.54. The monoisotopic (exact) mass is 213 g/mol. The Morgan fingerprint density at radius 3 is 3.07 bits per heavy atom. The molecule has 86 valence electrons. The van der Waals surface area contributed by atoms with Crippen molar-refractivity contribution in [3.8, 4) is 0 Å². The van der Waals surface area contributed by atoms with Crippen LogP contribution in [0.3, 0.4) is 0 Å². The van der Waals surface area contributed by atoms with E-state index in [1.807, 2.05) is 6.92 Å². The van der Waals surface area contributed by atoms with Crippen molar-refractivity contribution in [1.82, 2.24) is 10.6 Å². The van der Waals surface area contributed by atoms with E-state index in [0.29, 0.717) is 19.4 Å². The summed E-state index contributed by atoms with van der Waals surface area (Å²) < 4.78 is 0. The Labute approximate surface area is 89.8 Å². The smallest absolute Gasteiger partial charge is 0.242 e. The molecule has 5 heteroatoms. The second-order valence-corrected chi connectivity index (χ2v) is 3.86. The Morgan fingerprint density at radius 1 is 1.67 bits per heavy atom. The van der Waals surface area contributed by atoms with Crippen LogP contribution in [0.5, 0.6) is 0 Å². The van der Waals surface area contributed by atoms with E-state index in [4.69, 9.17) is 5.73 Å². The van der Waals surface area contributed by atoms with E-state index in [9.17, 15) is 9.59 Å². The summed E-state index contributed by atoms with van der Waals surface area (Å²) in [4.78, 5) is 23.0. The first-order valence-electron chi connectivity index (χ1n) is 5.48. The van der Waals surface area contributed by atoms with Crippen LogP contribution in [0.2, 0.25) is 0 Å². The Bertz CT molecular complexity index is 243. The van der Waals surface area contributed by atoms with E-state index in [1.54, 1.807) is 0 Å². The number of hydrogen-bond donors (Lipinski definition) is 3. The molecular weight excluding hydrogens is 194 g/mol. The largest absolute Gasteiger partial charge is 0.354 e. The fraction of sp³-hybridized carbons (Fsp3) is 0.800. The maximum absolute atomic E-state index is 11.5. The summed E-state index contributed by atoms with van der Waals surface area (Å²) in [6.07, 6.45) is 3.21. The van der Waals surface area contributed by atoms with Crippen molar-refractivity contribution >= 4 is 11.8 Å². The second kappa shape index (κ2) is 5.70. The first kappa shape index (κ1) is 12.0. The van der Waals surface area contributed by atoms with Crippen molar-refractivity contribution < 1.29 is 9.59 Å². The molecule has 0 radical (unpaired) electrons. The highest BCUT2D eigenvalue weighted by Crippen LogP contribution is 2.05. The van der Waals surface area contributed by atoms with Crippen molar-refractivity contribution in [3.05, 3.63) is 0 Å². The quantitative estimate of drug-likeness (QED) is 0.591. The number of carbonyl (C=O) groups is 2. The predicted octanol–water partition coefficient (Wildman–Crippen LogP) is -0.491. The lowest BCUT2D eigenvalue weighted by Crippen LogP contribution is -2.50. The zero-order valence-corrected chi connectivity index (χ0v) is 9.08. The van der Waals surface area contributed by atoms with Crippen LogP contribution < -0.4 is 16.4 Å². The van der Waals surface area contributed by atoms with Crippen molar-refractivity contribution in [2.24, 2.45) is 5.73 Å². The minimum atomic E-state index is -0.513. The van der Waals surface area contributed by atoms with Crippen LogP contribution in [-0.4, -0.2) is 30.4 Å². The average molecular weight is 213 g/mol. The zero-order chi connectivity index (χ0) is 11.3. The maximum Gasteiger partial charge on any atom is 0.242 e. The first-order valence-corrected chi connectivity index (χ1v) is 5.48. The lowest BCUT2D eigenvalue weighted by atomic mass is 10.1. The van der Waals surface area contributed by atoms with E-state index >= 15 is 0 Å². The summed E-state index contributed by atoms with van der Waals surface area (Å²) in [5.74, 6) is -0.330. The van der Waals surface area contributed by atoms with Gasteiger partial charge in [0.15, 0.2) is 0 Å². The Hall–Kier alpha value is -1.10. The summed E-state index contributed by atoms with van der Waals surface area (Å²) in [6, 6.07) is -0.918. The highest BCUT2D eigenvalue weighted by atomic mass is 16.2. The molecule has 0 aliphatic carbocycles. The molecule has 2 amide bonds. The normalized spacial score (nSPS) is 23.9. The van der Waals surface area contributed by atoms with Crippen LogP contribution in [0.15, 0.2) is 0 Å². The molecule has 2 atom stereocenters. The first-order chi connectivity index (χ1) is 7.15. The van der Waals surface area contributed by atoms with Gasteiger partial charge < -0.3 is 16.4 Å². The molecule has 0 spiro atoms. The fourth-order valence-corrected chi connectivity index (χ4v) is 1.54. The van der Waals surface area contributed by atoms with E-state index in [-0.39, 0.29) is 11.8 Å². The van der Waals surface area contributed by atoms with Crippen LogP contribution >= 0.6 is 0 Å². The van der Waals surface area contributed by atoms with E-state index in [2.05, 4.69) is 10.6 Å². The molecule has 0 aromatic rings. The van der Waals surface area contributed by atoms with Crippen LogP contribution in [0.4, 0.5) is 0 Å². The van der Waals surface area contributed by atoms with E-state index in [0.717, 1.165) is 12.8 Å². The van der Waals surface area contributed by atoms with Gasteiger partial charge in [0.2, 0.25) is 11.8 Å². The lowest BCUT2D eigenvalue weighted by molar-refractivity contribution is -0.129. The number of nitrogens with one attached hydrogen (secondary N) is 2. The third-order valence-corrected chi connectivity index (χ3v) is 2.63. The molecule has 1 aliphatic rings. The van der Waals surface area contributed by atoms with Crippen molar-refractivity contribution in [2.75, 3.05) is 6.54 Å². The molecule has 0 saturated carbocycles. The molecule has 1 aliphatic heterocycles.